The van der Waals surface area contributed by atoms with Gasteiger partial charge in [0.2, 0.25) is 5.91 Å². The number of nitrogens with one attached hydrogen (secondary N) is 1. The predicted molar refractivity (Wildman–Crippen MR) is 79.6 cm³/mol. The second kappa shape index (κ2) is 6.38. The molecule has 0 atom stereocenters. The standard InChI is InChI=1S/C14H13BrN2O3/c1-9-7-13(17-20-9)16-14(18)6-3-10-8-11(15)4-5-12(10)19-2/h3-8H,1-2H3,(H,16,17,18). The van der Waals surface area contributed by atoms with Gasteiger partial charge in [0.1, 0.15) is 11.5 Å². The van der Waals surface area contributed by atoms with E-state index in [1.165, 1.54) is 6.08 Å². The van der Waals surface area contributed by atoms with Crippen molar-refractivity contribution in [2.45, 2.75) is 6.92 Å². The summed E-state index contributed by atoms with van der Waals surface area (Å²) in [6.07, 6.45) is 3.08. The van der Waals surface area contributed by atoms with Crippen molar-refractivity contribution in [3.8, 4) is 5.75 Å². The topological polar surface area (TPSA) is 64.4 Å². The van der Waals surface area contributed by atoms with Crippen LogP contribution in [0.4, 0.5) is 5.82 Å². The Balaban J connectivity index is 2.09. The molecule has 1 aromatic carbocycles. The first-order chi connectivity index (χ1) is 9.58. The molecule has 1 N–H and O–H groups in total. The minimum Gasteiger partial charge on any atom is -0.496 e. The van der Waals surface area contributed by atoms with E-state index in [1.54, 1.807) is 26.2 Å². The molecule has 2 aromatic rings. The molecule has 0 saturated heterocycles. The van der Waals surface area contributed by atoms with E-state index in [0.717, 1.165) is 10.0 Å². The van der Waals surface area contributed by atoms with Gasteiger partial charge in [0.05, 0.1) is 7.11 Å². The summed E-state index contributed by atoms with van der Waals surface area (Å²) < 4.78 is 11.0. The fourth-order valence-electron chi connectivity index (χ4n) is 1.59. The van der Waals surface area contributed by atoms with E-state index in [0.29, 0.717) is 17.3 Å². The van der Waals surface area contributed by atoms with Gasteiger partial charge in [-0.3, -0.25) is 4.79 Å². The number of ether oxygens (including phenoxy) is 1. The zero-order chi connectivity index (χ0) is 14.5. The first-order valence-electron chi connectivity index (χ1n) is 5.84. The monoisotopic (exact) mass is 336 g/mol. The normalized spacial score (nSPS) is 10.8. The maximum Gasteiger partial charge on any atom is 0.249 e. The van der Waals surface area contributed by atoms with E-state index >= 15 is 0 Å². The van der Waals surface area contributed by atoms with E-state index in [9.17, 15) is 4.79 Å². The summed E-state index contributed by atoms with van der Waals surface area (Å²) in [6, 6.07) is 7.20. The molecule has 104 valence electrons. The summed E-state index contributed by atoms with van der Waals surface area (Å²) in [5.41, 5.74) is 0.799. The molecule has 6 heteroatoms. The van der Waals surface area contributed by atoms with Crippen molar-refractivity contribution >= 4 is 33.7 Å². The minimum atomic E-state index is -0.291. The van der Waals surface area contributed by atoms with Crippen LogP contribution in [0.3, 0.4) is 0 Å². The van der Waals surface area contributed by atoms with E-state index in [1.807, 2.05) is 18.2 Å². The second-order valence-corrected chi connectivity index (χ2v) is 4.95. The number of benzene rings is 1. The first-order valence-corrected chi connectivity index (χ1v) is 6.63. The zero-order valence-electron chi connectivity index (χ0n) is 11.0. The highest BCUT2D eigenvalue weighted by Gasteiger charge is 2.04. The van der Waals surface area contributed by atoms with Crippen LogP contribution < -0.4 is 10.1 Å². The van der Waals surface area contributed by atoms with Gasteiger partial charge in [-0.2, -0.15) is 0 Å². The highest BCUT2D eigenvalue weighted by Crippen LogP contribution is 2.24. The van der Waals surface area contributed by atoms with Crippen LogP contribution in [0.15, 0.2) is 39.3 Å². The number of anilines is 1. The van der Waals surface area contributed by atoms with E-state index in [4.69, 9.17) is 9.26 Å². The Morgan fingerprint density at radius 3 is 2.90 bits per heavy atom. The van der Waals surface area contributed by atoms with Gasteiger partial charge in [-0.1, -0.05) is 21.1 Å². The van der Waals surface area contributed by atoms with Crippen LogP contribution >= 0.6 is 15.9 Å². The molecule has 5 nitrogen and oxygen atoms in total. The van der Waals surface area contributed by atoms with E-state index in [-0.39, 0.29) is 5.91 Å². The molecule has 0 aliphatic carbocycles. The zero-order valence-corrected chi connectivity index (χ0v) is 12.6. The third kappa shape index (κ3) is 3.71. The molecule has 2 rings (SSSR count). The molecule has 0 bridgehead atoms. The van der Waals surface area contributed by atoms with Crippen molar-refractivity contribution in [3.63, 3.8) is 0 Å². The summed E-state index contributed by atoms with van der Waals surface area (Å²) >= 11 is 3.38. The summed E-state index contributed by atoms with van der Waals surface area (Å²) in [5.74, 6) is 1.42. The van der Waals surface area contributed by atoms with Crippen LogP contribution in [0, 0.1) is 6.92 Å². The maximum absolute atomic E-state index is 11.7. The lowest BCUT2D eigenvalue weighted by molar-refractivity contribution is -0.111. The molecule has 0 saturated carbocycles. The van der Waals surface area contributed by atoms with Gasteiger partial charge < -0.3 is 14.6 Å². The largest absolute Gasteiger partial charge is 0.496 e. The Morgan fingerprint density at radius 1 is 1.45 bits per heavy atom. The van der Waals surface area contributed by atoms with Gasteiger partial charge in [-0.25, -0.2) is 0 Å². The van der Waals surface area contributed by atoms with Crippen molar-refractivity contribution in [1.29, 1.82) is 0 Å². The lowest BCUT2D eigenvalue weighted by atomic mass is 10.2. The first kappa shape index (κ1) is 14.3. The van der Waals surface area contributed by atoms with Gasteiger partial charge in [-0.15, -0.1) is 0 Å². The highest BCUT2D eigenvalue weighted by molar-refractivity contribution is 9.10. The molecule has 1 aromatic heterocycles. The summed E-state index contributed by atoms with van der Waals surface area (Å²) in [6.45, 7) is 1.75. The third-order valence-corrected chi connectivity index (χ3v) is 2.98. The molecular weight excluding hydrogens is 324 g/mol. The van der Waals surface area contributed by atoms with Crippen molar-refractivity contribution < 1.29 is 14.1 Å². The quantitative estimate of drug-likeness (QED) is 0.869. The molecule has 1 amide bonds. The number of nitrogens with zero attached hydrogens (tertiary/aromatic N) is 1. The van der Waals surface area contributed by atoms with Crippen LogP contribution in [0.25, 0.3) is 6.08 Å². The second-order valence-electron chi connectivity index (χ2n) is 4.03. The number of hydrogen-bond donors (Lipinski definition) is 1. The highest BCUT2D eigenvalue weighted by atomic mass is 79.9. The Hall–Kier alpha value is -2.08. The summed E-state index contributed by atoms with van der Waals surface area (Å²) in [5, 5.41) is 6.29. The van der Waals surface area contributed by atoms with Gasteiger partial charge in [0, 0.05) is 22.2 Å². The Morgan fingerprint density at radius 2 is 2.25 bits per heavy atom. The predicted octanol–water partition coefficient (Wildman–Crippen LogP) is 3.41. The molecular formula is C14H13BrN2O3. The van der Waals surface area contributed by atoms with Crippen LogP contribution in [-0.2, 0) is 4.79 Å². The van der Waals surface area contributed by atoms with Gasteiger partial charge in [-0.05, 0) is 31.2 Å². The van der Waals surface area contributed by atoms with E-state index in [2.05, 4.69) is 26.4 Å². The number of aromatic nitrogens is 1. The minimum absolute atomic E-state index is 0.291. The number of carbonyl (C=O) groups is 1. The molecule has 0 radical (unpaired) electrons. The number of aryl methyl sites for hydroxylation is 1. The fourth-order valence-corrected chi connectivity index (χ4v) is 1.97. The number of carbonyl (C=O) groups excluding carboxylic acids is 1. The average Bonchev–Trinajstić information content (AvgIpc) is 2.82. The average molecular weight is 337 g/mol. The molecule has 0 aliphatic rings. The molecule has 0 spiro atoms. The molecule has 20 heavy (non-hydrogen) atoms. The van der Waals surface area contributed by atoms with Crippen LogP contribution in [0.1, 0.15) is 11.3 Å². The Bertz CT molecular complexity index is 650. The summed E-state index contributed by atoms with van der Waals surface area (Å²) in [4.78, 5) is 11.7. The van der Waals surface area contributed by atoms with Gasteiger partial charge in [0.15, 0.2) is 5.82 Å². The van der Waals surface area contributed by atoms with Gasteiger partial charge >= 0.3 is 0 Å². The molecule has 0 unspecified atom stereocenters. The fraction of sp³-hybridized carbons (Fsp3) is 0.143. The van der Waals surface area contributed by atoms with Crippen LogP contribution in [0.5, 0.6) is 5.75 Å². The van der Waals surface area contributed by atoms with Crippen LogP contribution in [-0.4, -0.2) is 18.2 Å². The van der Waals surface area contributed by atoms with Crippen molar-refractivity contribution in [2.75, 3.05) is 12.4 Å². The van der Waals surface area contributed by atoms with E-state index < -0.39 is 0 Å². The molecule has 1 heterocycles. The third-order valence-electron chi connectivity index (χ3n) is 2.49. The van der Waals surface area contributed by atoms with Gasteiger partial charge in [0.25, 0.3) is 0 Å². The SMILES string of the molecule is COc1ccc(Br)cc1C=CC(=O)Nc1cc(C)on1. The lowest BCUT2D eigenvalue weighted by Gasteiger charge is -2.04. The van der Waals surface area contributed by atoms with Crippen LogP contribution in [0.2, 0.25) is 0 Å². The number of rotatable bonds is 4. The summed E-state index contributed by atoms with van der Waals surface area (Å²) in [7, 11) is 1.58. The number of methoxy groups -OCH3 is 1. The number of amides is 1. The van der Waals surface area contributed by atoms with Crippen molar-refractivity contribution in [3.05, 3.63) is 46.1 Å². The Kier molecular flexibility index (Phi) is 4.57. The smallest absolute Gasteiger partial charge is 0.249 e. The number of halogens is 1. The number of hydrogen-bond acceptors (Lipinski definition) is 4. The Labute approximate surface area is 124 Å². The van der Waals surface area contributed by atoms with Crippen molar-refractivity contribution in [1.82, 2.24) is 5.16 Å². The molecule has 0 aliphatic heterocycles. The van der Waals surface area contributed by atoms with Crippen molar-refractivity contribution in [2.24, 2.45) is 0 Å². The maximum atomic E-state index is 11.7. The molecule has 0 fully saturated rings. The lowest BCUT2D eigenvalue weighted by Crippen LogP contribution is -2.07.